The number of amides is 1. The van der Waals surface area contributed by atoms with Gasteiger partial charge in [0.05, 0.1) is 18.8 Å². The molecule has 1 atom stereocenters. The predicted octanol–water partition coefficient (Wildman–Crippen LogP) is 2.12. The first-order valence-corrected chi connectivity index (χ1v) is 9.16. The molecule has 0 bridgehead atoms. The summed E-state index contributed by atoms with van der Waals surface area (Å²) in [5, 5.41) is 3.14. The fourth-order valence-corrected chi connectivity index (χ4v) is 3.36. The highest BCUT2D eigenvalue weighted by Crippen LogP contribution is 2.32. The van der Waals surface area contributed by atoms with E-state index >= 15 is 0 Å². The molecule has 1 amide bonds. The minimum absolute atomic E-state index is 0.164. The van der Waals surface area contributed by atoms with Crippen LogP contribution in [-0.4, -0.2) is 56.2 Å². The number of anilines is 1. The van der Waals surface area contributed by atoms with E-state index in [-0.39, 0.29) is 5.91 Å². The number of nitrogens with one attached hydrogen (secondary N) is 1. The van der Waals surface area contributed by atoms with Gasteiger partial charge in [-0.2, -0.15) is 0 Å². The third kappa shape index (κ3) is 4.41. The Bertz CT molecular complexity index is 551. The maximum Gasteiger partial charge on any atom is 0.234 e. The highest BCUT2D eigenvalue weighted by molar-refractivity contribution is 5.78. The molecule has 24 heavy (non-hydrogen) atoms. The van der Waals surface area contributed by atoms with Crippen LogP contribution in [-0.2, 0) is 4.79 Å². The lowest BCUT2D eigenvalue weighted by Crippen LogP contribution is -2.50. The number of nitrogens with zero attached hydrogens (tertiary/aromatic N) is 2. The molecule has 1 saturated carbocycles. The smallest absolute Gasteiger partial charge is 0.234 e. The second-order valence-corrected chi connectivity index (χ2v) is 6.86. The summed E-state index contributed by atoms with van der Waals surface area (Å²) < 4.78 is 5.73. The number of para-hydroxylation sites is 2. The van der Waals surface area contributed by atoms with Crippen LogP contribution in [0.15, 0.2) is 24.3 Å². The van der Waals surface area contributed by atoms with Crippen molar-refractivity contribution in [3.63, 3.8) is 0 Å². The average Bonchev–Trinajstić information content (AvgIpc) is 3.41. The number of ether oxygens (including phenoxy) is 1. The summed E-state index contributed by atoms with van der Waals surface area (Å²) in [6.45, 7) is 8.99. The van der Waals surface area contributed by atoms with Crippen molar-refractivity contribution >= 4 is 11.6 Å². The quantitative estimate of drug-likeness (QED) is 0.831. The SMILES string of the molecule is CCOc1ccccc1N1CCN(CC(=O)N[C@@H](C)C2CC2)CC1. The molecule has 2 fully saturated rings. The second kappa shape index (κ2) is 7.88. The van der Waals surface area contributed by atoms with Crippen LogP contribution >= 0.6 is 0 Å². The standard InChI is InChI=1S/C19H29N3O2/c1-3-24-18-7-5-4-6-17(18)22-12-10-21(11-13-22)14-19(23)20-15(2)16-8-9-16/h4-7,15-16H,3,8-14H2,1-2H3,(H,20,23)/t15-/m0/s1. The second-order valence-electron chi connectivity index (χ2n) is 6.86. The molecule has 1 aromatic rings. The zero-order chi connectivity index (χ0) is 16.9. The topological polar surface area (TPSA) is 44.8 Å². The Morgan fingerprint density at radius 1 is 1.25 bits per heavy atom. The molecule has 1 saturated heterocycles. The van der Waals surface area contributed by atoms with Crippen molar-refractivity contribution < 1.29 is 9.53 Å². The molecule has 3 rings (SSSR count). The van der Waals surface area contributed by atoms with Gasteiger partial charge in [0.15, 0.2) is 0 Å². The van der Waals surface area contributed by atoms with Crippen LogP contribution in [0, 0.1) is 5.92 Å². The molecule has 1 N–H and O–H groups in total. The molecular formula is C19H29N3O2. The Balaban J connectivity index is 1.48. The number of piperazine rings is 1. The summed E-state index contributed by atoms with van der Waals surface area (Å²) in [5.41, 5.74) is 1.16. The van der Waals surface area contributed by atoms with E-state index in [1.54, 1.807) is 0 Å². The zero-order valence-corrected chi connectivity index (χ0v) is 14.8. The number of benzene rings is 1. The van der Waals surface area contributed by atoms with Crippen LogP contribution in [0.4, 0.5) is 5.69 Å². The van der Waals surface area contributed by atoms with Crippen LogP contribution in [0.2, 0.25) is 0 Å². The first-order chi connectivity index (χ1) is 11.7. The van der Waals surface area contributed by atoms with Crippen molar-refractivity contribution in [1.29, 1.82) is 0 Å². The number of carbonyl (C=O) groups excluding carboxylic acids is 1. The van der Waals surface area contributed by atoms with Crippen LogP contribution < -0.4 is 15.0 Å². The Hall–Kier alpha value is -1.75. The van der Waals surface area contributed by atoms with Gasteiger partial charge in [-0.3, -0.25) is 9.69 Å². The Labute approximate surface area is 145 Å². The molecule has 132 valence electrons. The van der Waals surface area contributed by atoms with Gasteiger partial charge < -0.3 is 15.0 Å². The molecule has 1 aromatic carbocycles. The zero-order valence-electron chi connectivity index (χ0n) is 14.8. The fraction of sp³-hybridized carbons (Fsp3) is 0.632. The lowest BCUT2D eigenvalue weighted by molar-refractivity contribution is -0.123. The van der Waals surface area contributed by atoms with E-state index in [1.165, 1.54) is 12.8 Å². The highest BCUT2D eigenvalue weighted by Gasteiger charge is 2.29. The molecule has 0 spiro atoms. The molecule has 5 nitrogen and oxygen atoms in total. The minimum atomic E-state index is 0.164. The van der Waals surface area contributed by atoms with E-state index in [1.807, 2.05) is 19.1 Å². The molecule has 1 aliphatic carbocycles. The lowest BCUT2D eigenvalue weighted by atomic mass is 10.2. The summed E-state index contributed by atoms with van der Waals surface area (Å²) >= 11 is 0. The first kappa shape index (κ1) is 17.1. The van der Waals surface area contributed by atoms with Crippen molar-refractivity contribution in [2.75, 3.05) is 44.2 Å². The third-order valence-electron chi connectivity index (χ3n) is 4.96. The van der Waals surface area contributed by atoms with Gasteiger partial charge in [0.1, 0.15) is 5.75 Å². The monoisotopic (exact) mass is 331 g/mol. The summed E-state index contributed by atoms with van der Waals surface area (Å²) in [6, 6.07) is 8.53. The Kier molecular flexibility index (Phi) is 5.61. The van der Waals surface area contributed by atoms with Crippen molar-refractivity contribution in [2.45, 2.75) is 32.7 Å². The molecule has 0 aromatic heterocycles. The first-order valence-electron chi connectivity index (χ1n) is 9.16. The van der Waals surface area contributed by atoms with Gasteiger partial charge in [-0.25, -0.2) is 0 Å². The number of hydrogen-bond acceptors (Lipinski definition) is 4. The van der Waals surface area contributed by atoms with Gasteiger partial charge >= 0.3 is 0 Å². The van der Waals surface area contributed by atoms with E-state index in [0.717, 1.165) is 37.6 Å². The number of rotatable bonds is 7. The maximum atomic E-state index is 12.2. The van der Waals surface area contributed by atoms with Gasteiger partial charge in [0, 0.05) is 32.2 Å². The van der Waals surface area contributed by atoms with Gasteiger partial charge in [0.25, 0.3) is 0 Å². The Morgan fingerprint density at radius 2 is 1.96 bits per heavy atom. The van der Waals surface area contributed by atoms with E-state index in [2.05, 4.69) is 34.2 Å². The number of carbonyl (C=O) groups is 1. The van der Waals surface area contributed by atoms with Gasteiger partial charge in [-0.1, -0.05) is 12.1 Å². The normalized spacial score (nSPS) is 19.8. The maximum absolute atomic E-state index is 12.2. The summed E-state index contributed by atoms with van der Waals surface area (Å²) in [4.78, 5) is 16.8. The number of hydrogen-bond donors (Lipinski definition) is 1. The molecule has 2 aliphatic rings. The van der Waals surface area contributed by atoms with Crippen LogP contribution in [0.5, 0.6) is 5.75 Å². The lowest BCUT2D eigenvalue weighted by Gasteiger charge is -2.36. The minimum Gasteiger partial charge on any atom is -0.492 e. The molecule has 1 heterocycles. The van der Waals surface area contributed by atoms with E-state index in [9.17, 15) is 4.79 Å². The summed E-state index contributed by atoms with van der Waals surface area (Å²) in [5.74, 6) is 1.82. The predicted molar refractivity (Wildman–Crippen MR) is 96.6 cm³/mol. The molecular weight excluding hydrogens is 302 g/mol. The highest BCUT2D eigenvalue weighted by atomic mass is 16.5. The Morgan fingerprint density at radius 3 is 2.62 bits per heavy atom. The van der Waals surface area contributed by atoms with E-state index in [0.29, 0.717) is 25.1 Å². The average molecular weight is 331 g/mol. The largest absolute Gasteiger partial charge is 0.492 e. The van der Waals surface area contributed by atoms with E-state index in [4.69, 9.17) is 4.74 Å². The molecule has 1 aliphatic heterocycles. The molecule has 0 unspecified atom stereocenters. The van der Waals surface area contributed by atoms with Gasteiger partial charge in [-0.05, 0) is 44.7 Å². The fourth-order valence-electron chi connectivity index (χ4n) is 3.36. The van der Waals surface area contributed by atoms with Gasteiger partial charge in [-0.15, -0.1) is 0 Å². The van der Waals surface area contributed by atoms with Crippen molar-refractivity contribution in [1.82, 2.24) is 10.2 Å². The van der Waals surface area contributed by atoms with Crippen molar-refractivity contribution in [3.05, 3.63) is 24.3 Å². The van der Waals surface area contributed by atoms with E-state index < -0.39 is 0 Å². The summed E-state index contributed by atoms with van der Waals surface area (Å²) in [6.07, 6.45) is 2.53. The molecule has 0 radical (unpaired) electrons. The third-order valence-corrected chi connectivity index (χ3v) is 4.96. The van der Waals surface area contributed by atoms with Crippen molar-refractivity contribution in [3.8, 4) is 5.75 Å². The van der Waals surface area contributed by atoms with Crippen LogP contribution in [0.25, 0.3) is 0 Å². The summed E-state index contributed by atoms with van der Waals surface area (Å²) in [7, 11) is 0. The molecule has 5 heteroatoms. The van der Waals surface area contributed by atoms with Crippen molar-refractivity contribution in [2.24, 2.45) is 5.92 Å². The van der Waals surface area contributed by atoms with Crippen LogP contribution in [0.3, 0.4) is 0 Å². The van der Waals surface area contributed by atoms with Crippen LogP contribution in [0.1, 0.15) is 26.7 Å². The van der Waals surface area contributed by atoms with Gasteiger partial charge in [0.2, 0.25) is 5.91 Å².